The zero-order valence-corrected chi connectivity index (χ0v) is 18.9. The molecule has 0 bridgehead atoms. The minimum absolute atomic E-state index is 0.0729. The molecule has 4 rings (SSSR count). The van der Waals surface area contributed by atoms with E-state index in [1.165, 1.54) is 11.8 Å². The zero-order valence-electron chi connectivity index (χ0n) is 18.1. The molecule has 1 amide bonds. The minimum Gasteiger partial charge on any atom is -0.325 e. The third-order valence-electron chi connectivity index (χ3n) is 5.28. The van der Waals surface area contributed by atoms with E-state index in [4.69, 9.17) is 0 Å². The number of hydrogen-bond donors (Lipinski definition) is 1. The second kappa shape index (κ2) is 10.2. The first kappa shape index (κ1) is 21.8. The van der Waals surface area contributed by atoms with Gasteiger partial charge in [0.05, 0.1) is 5.75 Å². The first-order valence-electron chi connectivity index (χ1n) is 10.6. The van der Waals surface area contributed by atoms with Crippen molar-refractivity contribution in [2.24, 2.45) is 0 Å². The van der Waals surface area contributed by atoms with Crippen LogP contribution >= 0.6 is 11.8 Å². The van der Waals surface area contributed by atoms with Gasteiger partial charge in [-0.05, 0) is 48.2 Å². The molecule has 1 N–H and O–H groups in total. The molecule has 0 saturated heterocycles. The van der Waals surface area contributed by atoms with Crippen LogP contribution in [0.25, 0.3) is 17.1 Å². The van der Waals surface area contributed by atoms with E-state index in [1.54, 1.807) is 12.4 Å². The quantitative estimate of drug-likeness (QED) is 0.360. The molecule has 0 aliphatic carbocycles. The molecule has 0 spiro atoms. The summed E-state index contributed by atoms with van der Waals surface area (Å²) < 4.78 is 1.96. The maximum Gasteiger partial charge on any atom is 0.234 e. The molecule has 4 aromatic rings. The number of nitrogens with one attached hydrogen (secondary N) is 1. The van der Waals surface area contributed by atoms with E-state index in [0.29, 0.717) is 16.9 Å². The van der Waals surface area contributed by atoms with E-state index >= 15 is 0 Å². The molecular weight excluding hydrogens is 418 g/mol. The maximum atomic E-state index is 12.8. The van der Waals surface area contributed by atoms with Gasteiger partial charge in [0.1, 0.15) is 0 Å². The third-order valence-corrected chi connectivity index (χ3v) is 6.21. The molecule has 0 fully saturated rings. The average molecular weight is 444 g/mol. The van der Waals surface area contributed by atoms with E-state index < -0.39 is 0 Å². The first-order chi connectivity index (χ1) is 15.7. The smallest absolute Gasteiger partial charge is 0.234 e. The van der Waals surface area contributed by atoms with Gasteiger partial charge in [-0.25, -0.2) is 0 Å². The molecule has 32 heavy (non-hydrogen) atoms. The van der Waals surface area contributed by atoms with Crippen LogP contribution in [0.3, 0.4) is 0 Å². The van der Waals surface area contributed by atoms with E-state index in [0.717, 1.165) is 28.9 Å². The Morgan fingerprint density at radius 2 is 1.81 bits per heavy atom. The lowest BCUT2D eigenvalue weighted by atomic mass is 9.97. The Balaban J connectivity index is 1.56. The van der Waals surface area contributed by atoms with Gasteiger partial charge >= 0.3 is 0 Å². The summed E-state index contributed by atoms with van der Waals surface area (Å²) in [7, 11) is 0. The van der Waals surface area contributed by atoms with Crippen LogP contribution in [0.15, 0.2) is 84.3 Å². The number of para-hydroxylation sites is 2. The van der Waals surface area contributed by atoms with Crippen molar-refractivity contribution in [1.82, 2.24) is 19.7 Å². The van der Waals surface area contributed by atoms with E-state index in [9.17, 15) is 4.79 Å². The van der Waals surface area contributed by atoms with Gasteiger partial charge in [0.15, 0.2) is 11.0 Å². The van der Waals surface area contributed by atoms with Crippen molar-refractivity contribution < 1.29 is 4.79 Å². The third kappa shape index (κ3) is 4.89. The Bertz CT molecular complexity index is 1180. The van der Waals surface area contributed by atoms with Crippen molar-refractivity contribution in [1.29, 1.82) is 0 Å². The van der Waals surface area contributed by atoms with Crippen molar-refractivity contribution in [2.75, 3.05) is 11.1 Å². The molecule has 0 saturated carbocycles. The topological polar surface area (TPSA) is 72.7 Å². The average Bonchev–Trinajstić information content (AvgIpc) is 3.28. The molecule has 162 valence electrons. The van der Waals surface area contributed by atoms with Crippen molar-refractivity contribution >= 4 is 23.4 Å². The summed E-state index contributed by atoms with van der Waals surface area (Å²) in [4.78, 5) is 17.0. The number of benzene rings is 2. The molecule has 1 atom stereocenters. The number of nitrogens with zero attached hydrogens (tertiary/aromatic N) is 4. The highest BCUT2D eigenvalue weighted by Gasteiger charge is 2.18. The normalized spacial score (nSPS) is 11.8. The highest BCUT2D eigenvalue weighted by atomic mass is 32.2. The van der Waals surface area contributed by atoms with Gasteiger partial charge in [0.2, 0.25) is 5.91 Å². The van der Waals surface area contributed by atoms with Gasteiger partial charge in [-0.1, -0.05) is 62.0 Å². The fourth-order valence-electron chi connectivity index (χ4n) is 3.43. The van der Waals surface area contributed by atoms with E-state index in [2.05, 4.69) is 40.4 Å². The number of amides is 1. The summed E-state index contributed by atoms with van der Waals surface area (Å²) in [6, 6.07) is 21.7. The lowest BCUT2D eigenvalue weighted by Gasteiger charge is -2.15. The number of pyridine rings is 1. The molecule has 0 aliphatic heterocycles. The number of hydrogen-bond acceptors (Lipinski definition) is 5. The van der Waals surface area contributed by atoms with Gasteiger partial charge in [-0.2, -0.15) is 0 Å². The fraction of sp³-hybridized carbons (Fsp3) is 0.200. The molecule has 2 heterocycles. The monoisotopic (exact) mass is 443 g/mol. The van der Waals surface area contributed by atoms with Crippen LogP contribution in [0.1, 0.15) is 31.7 Å². The van der Waals surface area contributed by atoms with Crippen LogP contribution in [0.4, 0.5) is 5.69 Å². The highest BCUT2D eigenvalue weighted by Crippen LogP contribution is 2.29. The van der Waals surface area contributed by atoms with Crippen LogP contribution in [-0.2, 0) is 4.79 Å². The largest absolute Gasteiger partial charge is 0.325 e. The Hall–Kier alpha value is -3.45. The van der Waals surface area contributed by atoms with Gasteiger partial charge in [0.25, 0.3) is 0 Å². The fourth-order valence-corrected chi connectivity index (χ4v) is 4.18. The summed E-state index contributed by atoms with van der Waals surface area (Å²) in [5.74, 6) is 1.22. The van der Waals surface area contributed by atoms with Crippen LogP contribution in [0.2, 0.25) is 0 Å². The number of thioether (sulfide) groups is 1. The molecule has 0 radical (unpaired) electrons. The Morgan fingerprint density at radius 3 is 2.56 bits per heavy atom. The molecule has 7 heteroatoms. The second-order valence-electron chi connectivity index (χ2n) is 7.45. The molecule has 0 aliphatic rings. The predicted molar refractivity (Wildman–Crippen MR) is 129 cm³/mol. The predicted octanol–water partition coefficient (Wildman–Crippen LogP) is 5.57. The van der Waals surface area contributed by atoms with Crippen LogP contribution in [0, 0.1) is 0 Å². The van der Waals surface area contributed by atoms with Gasteiger partial charge < -0.3 is 5.32 Å². The second-order valence-corrected chi connectivity index (χ2v) is 8.39. The molecule has 6 nitrogen and oxygen atoms in total. The zero-order chi connectivity index (χ0) is 22.3. The van der Waals surface area contributed by atoms with Gasteiger partial charge in [-0.3, -0.25) is 14.3 Å². The lowest BCUT2D eigenvalue weighted by Crippen LogP contribution is -2.16. The lowest BCUT2D eigenvalue weighted by molar-refractivity contribution is -0.113. The maximum absolute atomic E-state index is 12.8. The Morgan fingerprint density at radius 1 is 1.03 bits per heavy atom. The Labute approximate surface area is 192 Å². The van der Waals surface area contributed by atoms with E-state index in [-0.39, 0.29) is 11.7 Å². The first-order valence-corrected chi connectivity index (χ1v) is 11.6. The number of aromatic nitrogens is 4. The van der Waals surface area contributed by atoms with Crippen LogP contribution in [-0.4, -0.2) is 31.4 Å². The number of anilines is 1. The summed E-state index contributed by atoms with van der Waals surface area (Å²) in [5, 5.41) is 12.5. The minimum atomic E-state index is -0.0729. The molecular formula is C25H25N5OS. The van der Waals surface area contributed by atoms with Crippen molar-refractivity contribution in [3.05, 3.63) is 84.7 Å². The standard InChI is InChI=1S/C25H25N5OS/c1-3-18(2)21-13-7-8-14-22(21)27-23(31)17-32-25-29-28-24(19-10-9-15-26-16-19)30(25)20-11-5-4-6-12-20/h4-16,18H,3,17H2,1-2H3,(H,27,31)/t18-/m1/s1. The van der Waals surface area contributed by atoms with Gasteiger partial charge in [0, 0.05) is 29.3 Å². The van der Waals surface area contributed by atoms with Crippen LogP contribution < -0.4 is 5.32 Å². The van der Waals surface area contributed by atoms with Crippen molar-refractivity contribution in [2.45, 2.75) is 31.3 Å². The number of rotatable bonds is 8. The molecule has 2 aromatic heterocycles. The Kier molecular flexibility index (Phi) is 6.97. The molecule has 2 aromatic carbocycles. The summed E-state index contributed by atoms with van der Waals surface area (Å²) in [6.45, 7) is 4.32. The van der Waals surface area contributed by atoms with E-state index in [1.807, 2.05) is 65.2 Å². The highest BCUT2D eigenvalue weighted by molar-refractivity contribution is 7.99. The van der Waals surface area contributed by atoms with Crippen molar-refractivity contribution in [3.63, 3.8) is 0 Å². The molecule has 0 unspecified atom stereocenters. The van der Waals surface area contributed by atoms with Gasteiger partial charge in [-0.15, -0.1) is 10.2 Å². The van der Waals surface area contributed by atoms with Crippen molar-refractivity contribution in [3.8, 4) is 17.1 Å². The number of carbonyl (C=O) groups excluding carboxylic acids is 1. The number of carbonyl (C=O) groups is 1. The summed E-state index contributed by atoms with van der Waals surface area (Å²) in [6.07, 6.45) is 4.50. The summed E-state index contributed by atoms with van der Waals surface area (Å²) >= 11 is 1.36. The summed E-state index contributed by atoms with van der Waals surface area (Å²) in [5.41, 5.74) is 3.82. The SMILES string of the molecule is CC[C@@H](C)c1ccccc1NC(=O)CSc1nnc(-c2cccnc2)n1-c1ccccc1. The van der Waals surface area contributed by atoms with Crippen LogP contribution in [0.5, 0.6) is 0 Å².